The van der Waals surface area contributed by atoms with Gasteiger partial charge in [0.1, 0.15) is 0 Å². The molecule has 158 valence electrons. The van der Waals surface area contributed by atoms with Crippen LogP contribution in [0.3, 0.4) is 0 Å². The number of para-hydroxylation sites is 1. The Bertz CT molecular complexity index is 1450. The van der Waals surface area contributed by atoms with Gasteiger partial charge in [-0.2, -0.15) is 9.61 Å². The van der Waals surface area contributed by atoms with Gasteiger partial charge in [0.05, 0.1) is 21.7 Å². The van der Waals surface area contributed by atoms with Gasteiger partial charge < -0.3 is 14.8 Å². The fourth-order valence-electron chi connectivity index (χ4n) is 3.28. The molecule has 5 aromatic rings. The number of thioether (sulfide) groups is 1. The zero-order chi connectivity index (χ0) is 21.5. The third-order valence-corrected chi connectivity index (χ3v) is 6.65. The molecule has 11 heteroatoms. The average molecular weight is 463 g/mol. The summed E-state index contributed by atoms with van der Waals surface area (Å²) < 4.78 is 13.5. The smallest absolute Gasteiger partial charge is 0.236 e. The van der Waals surface area contributed by atoms with Gasteiger partial charge in [-0.05, 0) is 42.5 Å². The molecule has 0 fully saturated rings. The molecule has 0 saturated heterocycles. The van der Waals surface area contributed by atoms with Crippen LogP contribution in [0.25, 0.3) is 27.1 Å². The number of aromatic nitrogens is 5. The third kappa shape index (κ3) is 3.51. The summed E-state index contributed by atoms with van der Waals surface area (Å²) in [5, 5.41) is 16.9. The molecule has 2 aromatic carbocycles. The van der Waals surface area contributed by atoms with E-state index in [0.717, 1.165) is 27.2 Å². The maximum atomic E-state index is 12.4. The van der Waals surface area contributed by atoms with E-state index in [1.807, 2.05) is 54.6 Å². The lowest BCUT2D eigenvalue weighted by Crippen LogP contribution is -2.14. The lowest BCUT2D eigenvalue weighted by molar-refractivity contribution is -0.113. The Balaban J connectivity index is 1.19. The fraction of sp³-hybridized carbons (Fsp3) is 0.0952. The number of benzene rings is 2. The minimum Gasteiger partial charge on any atom is -0.454 e. The van der Waals surface area contributed by atoms with E-state index < -0.39 is 0 Å². The molecule has 4 heterocycles. The average Bonchev–Trinajstić information content (AvgIpc) is 3.54. The van der Waals surface area contributed by atoms with E-state index in [1.165, 1.54) is 23.1 Å². The summed E-state index contributed by atoms with van der Waals surface area (Å²) in [6.45, 7) is 0.219. The number of ether oxygens (including phenoxy) is 2. The number of hydrogen-bond donors (Lipinski definition) is 1. The second-order valence-corrected chi connectivity index (χ2v) is 8.84. The Labute approximate surface area is 189 Å². The third-order valence-electron chi connectivity index (χ3n) is 4.78. The lowest BCUT2D eigenvalue weighted by atomic mass is 10.1. The van der Waals surface area contributed by atoms with Crippen molar-refractivity contribution in [3.8, 4) is 22.8 Å². The maximum Gasteiger partial charge on any atom is 0.236 e. The molecule has 0 bridgehead atoms. The quantitative estimate of drug-likeness (QED) is 0.393. The minimum atomic E-state index is -0.169. The molecule has 6 rings (SSSR count). The first-order valence-corrected chi connectivity index (χ1v) is 11.4. The first-order valence-electron chi connectivity index (χ1n) is 9.64. The highest BCUT2D eigenvalue weighted by molar-refractivity contribution is 7.99. The number of amides is 1. The van der Waals surface area contributed by atoms with Crippen LogP contribution < -0.4 is 14.8 Å². The molecule has 0 aliphatic carbocycles. The van der Waals surface area contributed by atoms with Gasteiger partial charge in [-0.3, -0.25) is 4.79 Å². The summed E-state index contributed by atoms with van der Waals surface area (Å²) in [4.78, 5) is 16.9. The van der Waals surface area contributed by atoms with Crippen molar-refractivity contribution in [2.24, 2.45) is 0 Å². The van der Waals surface area contributed by atoms with Crippen LogP contribution in [0, 0.1) is 0 Å². The van der Waals surface area contributed by atoms with Crippen LogP contribution >= 0.6 is 23.1 Å². The predicted molar refractivity (Wildman–Crippen MR) is 121 cm³/mol. The van der Waals surface area contributed by atoms with Gasteiger partial charge in [0, 0.05) is 5.56 Å². The summed E-state index contributed by atoms with van der Waals surface area (Å²) >= 11 is 2.70. The zero-order valence-corrected chi connectivity index (χ0v) is 18.0. The summed E-state index contributed by atoms with van der Waals surface area (Å²) in [6, 6.07) is 17.1. The molecule has 1 N–H and O–H groups in total. The second-order valence-electron chi connectivity index (χ2n) is 6.86. The molecule has 0 radical (unpaired) electrons. The highest BCUT2D eigenvalue weighted by atomic mass is 32.2. The van der Waals surface area contributed by atoms with Gasteiger partial charge >= 0.3 is 0 Å². The van der Waals surface area contributed by atoms with Gasteiger partial charge in [-0.1, -0.05) is 35.2 Å². The van der Waals surface area contributed by atoms with Gasteiger partial charge in [0.25, 0.3) is 0 Å². The lowest BCUT2D eigenvalue weighted by Gasteiger charge is -2.04. The molecule has 3 aromatic heterocycles. The number of nitrogens with one attached hydrogen (secondary N) is 1. The summed E-state index contributed by atoms with van der Waals surface area (Å²) in [5.74, 6) is 1.40. The number of fused-ring (bicyclic) bond motifs is 3. The van der Waals surface area contributed by atoms with Crippen molar-refractivity contribution < 1.29 is 14.3 Å². The van der Waals surface area contributed by atoms with Crippen molar-refractivity contribution >= 4 is 50.0 Å². The monoisotopic (exact) mass is 462 g/mol. The van der Waals surface area contributed by atoms with Gasteiger partial charge in [0.2, 0.25) is 17.9 Å². The number of anilines is 1. The van der Waals surface area contributed by atoms with Crippen LogP contribution in [0.4, 0.5) is 5.13 Å². The molecule has 1 aliphatic heterocycles. The highest BCUT2D eigenvalue weighted by Gasteiger charge is 2.16. The van der Waals surface area contributed by atoms with Crippen molar-refractivity contribution in [3.63, 3.8) is 0 Å². The highest BCUT2D eigenvalue weighted by Crippen LogP contribution is 2.35. The van der Waals surface area contributed by atoms with E-state index in [9.17, 15) is 4.79 Å². The van der Waals surface area contributed by atoms with Crippen molar-refractivity contribution in [1.29, 1.82) is 0 Å². The minimum absolute atomic E-state index is 0.159. The van der Waals surface area contributed by atoms with Crippen LogP contribution in [0.1, 0.15) is 0 Å². The molecule has 0 spiro atoms. The number of rotatable bonds is 5. The van der Waals surface area contributed by atoms with Crippen LogP contribution in [0.2, 0.25) is 0 Å². The van der Waals surface area contributed by atoms with Crippen molar-refractivity contribution in [3.05, 3.63) is 54.6 Å². The van der Waals surface area contributed by atoms with Crippen molar-refractivity contribution in [2.45, 2.75) is 5.16 Å². The van der Waals surface area contributed by atoms with E-state index in [2.05, 4.69) is 25.6 Å². The number of carbonyl (C=O) groups is 1. The predicted octanol–water partition coefficient (Wildman–Crippen LogP) is 3.86. The number of nitrogens with zero attached hydrogens (tertiary/aromatic N) is 5. The summed E-state index contributed by atoms with van der Waals surface area (Å²) in [7, 11) is 0. The molecule has 32 heavy (non-hydrogen) atoms. The zero-order valence-electron chi connectivity index (χ0n) is 16.4. The number of hydrogen-bond acceptors (Lipinski definition) is 9. The maximum absolute atomic E-state index is 12.4. The van der Waals surface area contributed by atoms with E-state index in [4.69, 9.17) is 9.47 Å². The Kier molecular flexibility index (Phi) is 4.62. The molecule has 0 unspecified atom stereocenters. The molecule has 1 aliphatic rings. The Morgan fingerprint density at radius 2 is 2.00 bits per heavy atom. The molecule has 1 amide bonds. The van der Waals surface area contributed by atoms with E-state index in [-0.39, 0.29) is 18.5 Å². The van der Waals surface area contributed by atoms with Crippen molar-refractivity contribution in [2.75, 3.05) is 17.9 Å². The SMILES string of the molecule is O=C(CSc1nnc2ccc(-c3ccc4c(c3)OCO4)nn12)Nc1nc2ccccc2s1. The first-order chi connectivity index (χ1) is 15.7. The van der Waals surface area contributed by atoms with Crippen LogP contribution in [0.5, 0.6) is 11.5 Å². The summed E-state index contributed by atoms with van der Waals surface area (Å²) in [6.07, 6.45) is 0. The van der Waals surface area contributed by atoms with Crippen LogP contribution in [-0.4, -0.2) is 43.2 Å². The van der Waals surface area contributed by atoms with Crippen LogP contribution in [0.15, 0.2) is 59.8 Å². The Morgan fingerprint density at radius 3 is 2.94 bits per heavy atom. The van der Waals surface area contributed by atoms with Gasteiger partial charge in [0.15, 0.2) is 22.3 Å². The number of thiazole rings is 1. The molecule has 0 saturated carbocycles. The molecule has 0 atom stereocenters. The van der Waals surface area contributed by atoms with Crippen LogP contribution in [-0.2, 0) is 4.79 Å². The van der Waals surface area contributed by atoms with E-state index >= 15 is 0 Å². The Morgan fingerprint density at radius 1 is 1.09 bits per heavy atom. The van der Waals surface area contributed by atoms with Gasteiger partial charge in [-0.25, -0.2) is 4.98 Å². The fourth-order valence-corrected chi connectivity index (χ4v) is 4.85. The molecule has 9 nitrogen and oxygen atoms in total. The molecular weight excluding hydrogens is 448 g/mol. The van der Waals surface area contributed by atoms with E-state index in [0.29, 0.717) is 21.7 Å². The van der Waals surface area contributed by atoms with Crippen molar-refractivity contribution in [1.82, 2.24) is 24.8 Å². The number of carbonyl (C=O) groups excluding carboxylic acids is 1. The largest absolute Gasteiger partial charge is 0.454 e. The second kappa shape index (κ2) is 7.77. The normalized spacial score (nSPS) is 12.5. The first kappa shape index (κ1) is 19.0. The Hall–Kier alpha value is -3.70. The van der Waals surface area contributed by atoms with E-state index in [1.54, 1.807) is 4.52 Å². The standard InChI is InChI=1S/C21H14N6O3S2/c28-19(23-20-22-14-3-1-2-4-17(14)32-20)10-31-21-25-24-18-8-6-13(26-27(18)21)12-5-7-15-16(9-12)30-11-29-15/h1-9H,10-11H2,(H,22,23,28). The van der Waals surface area contributed by atoms with Gasteiger partial charge in [-0.15, -0.1) is 10.2 Å². The summed E-state index contributed by atoms with van der Waals surface area (Å²) in [5.41, 5.74) is 3.08. The topological polar surface area (TPSA) is 104 Å². The molecular formula is C21H14N6O3S2.